The zero-order valence-corrected chi connectivity index (χ0v) is 20.7. The molecule has 1 fully saturated rings. The maximum Gasteiger partial charge on any atom is 0.247 e. The van der Waals surface area contributed by atoms with Crippen molar-refractivity contribution in [2.24, 2.45) is 11.8 Å². The van der Waals surface area contributed by atoms with Gasteiger partial charge in [0.05, 0.1) is 13.2 Å². The van der Waals surface area contributed by atoms with Crippen LogP contribution in [0.5, 0.6) is 5.75 Å². The van der Waals surface area contributed by atoms with E-state index in [0.717, 1.165) is 44.1 Å². The molecular formula is C25H36N2O5S. The number of hydrogen-bond donors (Lipinski definition) is 1. The topological polar surface area (TPSA) is 87.2 Å². The Balaban J connectivity index is 1.71. The fourth-order valence-corrected chi connectivity index (χ4v) is 6.73. The number of benzene rings is 1. The van der Waals surface area contributed by atoms with Gasteiger partial charge in [-0.25, -0.2) is 8.42 Å². The molecule has 0 bridgehead atoms. The highest BCUT2D eigenvalue weighted by atomic mass is 32.2. The minimum Gasteiger partial charge on any atom is -0.487 e. The fourth-order valence-electron chi connectivity index (χ4n) is 4.90. The number of nitrogens with zero attached hydrogens (tertiary/aromatic N) is 2. The highest BCUT2D eigenvalue weighted by molar-refractivity contribution is 7.89. The number of carbonyl (C=O) groups is 1. The highest BCUT2D eigenvalue weighted by Gasteiger charge is 2.39. The standard InChI is InChI=1S/C25H36N2O5S/c1-17-14-27(18(2)16-28)33(30,31)24-12-11-21(19-7-4-5-8-19)13-22(24)32-23(17)15-26(3)25(29)20-9-6-10-20/h7,11-13,17-18,20,23,28H,4-6,8-10,14-16H2,1-3H3/t17-,18+,23-/m1/s1. The van der Waals surface area contributed by atoms with Crippen LogP contribution in [-0.2, 0) is 14.8 Å². The summed E-state index contributed by atoms with van der Waals surface area (Å²) >= 11 is 0. The molecule has 1 aromatic carbocycles. The number of hydrogen-bond acceptors (Lipinski definition) is 5. The van der Waals surface area contributed by atoms with Crippen molar-refractivity contribution in [1.82, 2.24) is 9.21 Å². The van der Waals surface area contributed by atoms with Gasteiger partial charge in [0.25, 0.3) is 0 Å². The maximum absolute atomic E-state index is 13.6. The summed E-state index contributed by atoms with van der Waals surface area (Å²) in [5, 5.41) is 9.78. The van der Waals surface area contributed by atoms with Crippen molar-refractivity contribution in [3.05, 3.63) is 29.8 Å². The van der Waals surface area contributed by atoms with E-state index in [9.17, 15) is 18.3 Å². The predicted octanol–water partition coefficient (Wildman–Crippen LogP) is 3.28. The van der Waals surface area contributed by atoms with Crippen LogP contribution < -0.4 is 4.74 Å². The minimum absolute atomic E-state index is 0.0957. The van der Waals surface area contributed by atoms with Crippen LogP contribution in [-0.4, -0.2) is 67.5 Å². The molecular weight excluding hydrogens is 440 g/mol. The van der Waals surface area contributed by atoms with Gasteiger partial charge in [-0.2, -0.15) is 4.31 Å². The number of amides is 1. The third kappa shape index (κ3) is 4.84. The van der Waals surface area contributed by atoms with E-state index in [1.807, 2.05) is 19.1 Å². The molecule has 2 aliphatic carbocycles. The molecule has 0 spiro atoms. The van der Waals surface area contributed by atoms with E-state index in [-0.39, 0.29) is 41.9 Å². The SMILES string of the molecule is C[C@@H]1CN([C@@H](C)CO)S(=O)(=O)c2ccc(C3=CCCC3)cc2O[C@@H]1CN(C)C(=O)C1CCC1. The number of fused-ring (bicyclic) bond motifs is 1. The average Bonchev–Trinajstić information content (AvgIpc) is 3.29. The average molecular weight is 477 g/mol. The van der Waals surface area contributed by atoms with E-state index in [1.54, 1.807) is 24.9 Å². The van der Waals surface area contributed by atoms with Gasteiger partial charge in [0.2, 0.25) is 15.9 Å². The lowest BCUT2D eigenvalue weighted by atomic mass is 9.84. The molecule has 1 saturated carbocycles. The van der Waals surface area contributed by atoms with Crippen molar-refractivity contribution in [3.8, 4) is 5.75 Å². The third-order valence-corrected chi connectivity index (χ3v) is 9.38. The Bertz CT molecular complexity index is 1020. The molecule has 0 saturated heterocycles. The normalized spacial score (nSPS) is 26.2. The molecule has 0 unspecified atom stereocenters. The number of aliphatic hydroxyl groups excluding tert-OH is 1. The molecule has 1 amide bonds. The van der Waals surface area contributed by atoms with Gasteiger partial charge in [0.15, 0.2) is 0 Å². The summed E-state index contributed by atoms with van der Waals surface area (Å²) in [6.07, 6.45) is 7.90. The summed E-state index contributed by atoms with van der Waals surface area (Å²) in [6.45, 7) is 4.01. The van der Waals surface area contributed by atoms with E-state index >= 15 is 0 Å². The van der Waals surface area contributed by atoms with Crippen molar-refractivity contribution >= 4 is 21.5 Å². The first kappa shape index (κ1) is 24.2. The van der Waals surface area contributed by atoms with Crippen molar-refractivity contribution in [2.75, 3.05) is 26.7 Å². The van der Waals surface area contributed by atoms with E-state index in [2.05, 4.69) is 6.08 Å². The van der Waals surface area contributed by atoms with Gasteiger partial charge in [-0.1, -0.05) is 25.5 Å². The van der Waals surface area contributed by atoms with Crippen molar-refractivity contribution in [2.45, 2.75) is 69.4 Å². The number of allylic oxidation sites excluding steroid dienone is 2. The highest BCUT2D eigenvalue weighted by Crippen LogP contribution is 2.37. The Hall–Kier alpha value is -1.90. The molecule has 4 rings (SSSR count). The fraction of sp³-hybridized carbons (Fsp3) is 0.640. The second-order valence-corrected chi connectivity index (χ2v) is 11.7. The molecule has 1 N–H and O–H groups in total. The Morgan fingerprint density at radius 2 is 2.06 bits per heavy atom. The quantitative estimate of drug-likeness (QED) is 0.681. The van der Waals surface area contributed by atoms with Crippen LogP contribution in [0.3, 0.4) is 0 Å². The Morgan fingerprint density at radius 1 is 1.30 bits per heavy atom. The molecule has 3 atom stereocenters. The smallest absolute Gasteiger partial charge is 0.247 e. The summed E-state index contributed by atoms with van der Waals surface area (Å²) in [6, 6.07) is 4.76. The monoisotopic (exact) mass is 476 g/mol. The van der Waals surface area contributed by atoms with Crippen LogP contribution in [0.15, 0.2) is 29.2 Å². The van der Waals surface area contributed by atoms with Crippen LogP contribution in [0.1, 0.15) is 57.9 Å². The summed E-state index contributed by atoms with van der Waals surface area (Å²) in [7, 11) is -2.05. The van der Waals surface area contributed by atoms with Crippen LogP contribution in [0.4, 0.5) is 0 Å². The van der Waals surface area contributed by atoms with Gasteiger partial charge in [-0.05, 0) is 62.3 Å². The largest absolute Gasteiger partial charge is 0.487 e. The first-order valence-electron chi connectivity index (χ1n) is 12.1. The number of carbonyl (C=O) groups excluding carboxylic acids is 1. The summed E-state index contributed by atoms with van der Waals surface area (Å²) in [5.74, 6) is 0.389. The first-order valence-corrected chi connectivity index (χ1v) is 13.5. The zero-order chi connectivity index (χ0) is 23.8. The summed E-state index contributed by atoms with van der Waals surface area (Å²) in [5.41, 5.74) is 2.19. The van der Waals surface area contributed by atoms with Crippen LogP contribution in [0, 0.1) is 11.8 Å². The second kappa shape index (κ2) is 9.76. The van der Waals surface area contributed by atoms with Crippen LogP contribution in [0.25, 0.3) is 5.57 Å². The minimum atomic E-state index is -3.86. The lowest BCUT2D eigenvalue weighted by Gasteiger charge is -2.38. The number of sulfonamides is 1. The first-order chi connectivity index (χ1) is 15.7. The van der Waals surface area contributed by atoms with E-state index in [4.69, 9.17) is 4.74 Å². The van der Waals surface area contributed by atoms with Crippen molar-refractivity contribution < 1.29 is 23.1 Å². The predicted molar refractivity (Wildman–Crippen MR) is 127 cm³/mol. The van der Waals surface area contributed by atoms with E-state index < -0.39 is 16.1 Å². The van der Waals surface area contributed by atoms with Crippen LogP contribution >= 0.6 is 0 Å². The lowest BCUT2D eigenvalue weighted by molar-refractivity contribution is -0.138. The van der Waals surface area contributed by atoms with Gasteiger partial charge in [0.1, 0.15) is 16.7 Å². The van der Waals surface area contributed by atoms with Crippen molar-refractivity contribution in [1.29, 1.82) is 0 Å². The Labute approximate surface area is 197 Å². The second-order valence-electron chi connectivity index (χ2n) is 9.87. The number of rotatable bonds is 6. The molecule has 1 aromatic rings. The molecule has 0 aromatic heterocycles. The number of aliphatic hydroxyl groups is 1. The van der Waals surface area contributed by atoms with Gasteiger partial charge < -0.3 is 14.7 Å². The Morgan fingerprint density at radius 3 is 2.67 bits per heavy atom. The van der Waals surface area contributed by atoms with Gasteiger partial charge in [0, 0.05) is 31.5 Å². The third-order valence-electron chi connectivity index (χ3n) is 7.36. The summed E-state index contributed by atoms with van der Waals surface area (Å²) in [4.78, 5) is 14.6. The molecule has 7 nitrogen and oxygen atoms in total. The molecule has 182 valence electrons. The van der Waals surface area contributed by atoms with Gasteiger partial charge in [-0.15, -0.1) is 0 Å². The van der Waals surface area contributed by atoms with E-state index in [1.165, 1.54) is 9.88 Å². The zero-order valence-electron chi connectivity index (χ0n) is 19.9. The molecule has 1 heterocycles. The Kier molecular flexibility index (Phi) is 7.17. The molecule has 8 heteroatoms. The van der Waals surface area contributed by atoms with Crippen molar-refractivity contribution in [3.63, 3.8) is 0 Å². The molecule has 33 heavy (non-hydrogen) atoms. The molecule has 3 aliphatic rings. The summed E-state index contributed by atoms with van der Waals surface area (Å²) < 4.78 is 35.0. The lowest BCUT2D eigenvalue weighted by Crippen LogP contribution is -2.50. The van der Waals surface area contributed by atoms with Crippen LogP contribution in [0.2, 0.25) is 0 Å². The number of ether oxygens (including phenoxy) is 1. The molecule has 0 radical (unpaired) electrons. The molecule has 1 aliphatic heterocycles. The maximum atomic E-state index is 13.6. The van der Waals surface area contributed by atoms with E-state index in [0.29, 0.717) is 12.3 Å². The number of likely N-dealkylation sites (N-methyl/N-ethyl adjacent to an activating group) is 1. The van der Waals surface area contributed by atoms with Gasteiger partial charge in [-0.3, -0.25) is 4.79 Å². The van der Waals surface area contributed by atoms with Gasteiger partial charge >= 0.3 is 0 Å².